The van der Waals surface area contributed by atoms with Crippen molar-refractivity contribution >= 4 is 28.8 Å². The van der Waals surface area contributed by atoms with Crippen LogP contribution in [0.2, 0.25) is 0 Å². The molecule has 0 fully saturated rings. The van der Waals surface area contributed by atoms with Crippen LogP contribution in [-0.4, -0.2) is 18.0 Å². The number of hydrogen-bond donors (Lipinski definition) is 0. The maximum atomic E-state index is 5.38. The molecule has 0 saturated carbocycles. The molecule has 0 bridgehead atoms. The highest BCUT2D eigenvalue weighted by Crippen LogP contribution is 2.42. The van der Waals surface area contributed by atoms with E-state index in [0.717, 1.165) is 34.8 Å². The summed E-state index contributed by atoms with van der Waals surface area (Å²) >= 11 is 0. The van der Waals surface area contributed by atoms with Gasteiger partial charge in [-0.1, -0.05) is 158 Å². The summed E-state index contributed by atoms with van der Waals surface area (Å²) in [5.74, 6) is 0.776. The first-order chi connectivity index (χ1) is 24.8. The molecule has 0 unspecified atom stereocenters. The Morgan fingerprint density at radius 2 is 0.860 bits per heavy atom. The van der Waals surface area contributed by atoms with Crippen molar-refractivity contribution in [3.8, 4) is 67.3 Å². The first kappa shape index (κ1) is 27.8. The molecule has 2 aliphatic heterocycles. The van der Waals surface area contributed by atoms with Gasteiger partial charge in [-0.2, -0.15) is 0 Å². The monoisotopic (exact) mass is 650 g/mol. The van der Waals surface area contributed by atoms with E-state index in [-0.39, 0.29) is 0 Å². The highest BCUT2D eigenvalue weighted by atomic mass is 28.3. The van der Waals surface area contributed by atoms with Crippen molar-refractivity contribution in [1.29, 1.82) is 0 Å². The fourth-order valence-corrected chi connectivity index (χ4v) is 14.6. The lowest BCUT2D eigenvalue weighted by Crippen LogP contribution is -2.70. The van der Waals surface area contributed by atoms with Crippen molar-refractivity contribution in [3.05, 3.63) is 181 Å². The smallest absolute Gasteiger partial charge is 0.182 e. The van der Waals surface area contributed by atoms with Gasteiger partial charge in [0.15, 0.2) is 13.9 Å². The molecule has 0 saturated heterocycles. The summed E-state index contributed by atoms with van der Waals surface area (Å²) in [5, 5.41) is 5.89. The number of rotatable bonds is 3. The molecule has 0 amide bonds. The van der Waals surface area contributed by atoms with Crippen molar-refractivity contribution in [3.63, 3.8) is 0 Å². The molecule has 50 heavy (non-hydrogen) atoms. The fourth-order valence-electron chi connectivity index (χ4n) is 9.03. The molecule has 7 aromatic carbocycles. The van der Waals surface area contributed by atoms with Crippen molar-refractivity contribution < 1.29 is 0 Å². The van der Waals surface area contributed by atoms with Gasteiger partial charge in [0.25, 0.3) is 0 Å². The van der Waals surface area contributed by atoms with Crippen molar-refractivity contribution in [1.82, 2.24) is 9.97 Å². The zero-order valence-corrected chi connectivity index (χ0v) is 28.3. The van der Waals surface area contributed by atoms with Crippen LogP contribution in [-0.2, 0) is 6.42 Å². The SMILES string of the molecule is c1ccc(-c2ccc3c(c2)-c2cc(-c4nc(-c5ccccc5)c5c(n4)-c4ccccc4C5)ccc2[Si]32c3ccccc3-c3ccccc32)cc1. The lowest BCUT2D eigenvalue weighted by atomic mass is 9.97. The van der Waals surface area contributed by atoms with E-state index in [0.29, 0.717) is 0 Å². The van der Waals surface area contributed by atoms with Gasteiger partial charge in [-0.15, -0.1) is 0 Å². The Kier molecular flexibility index (Phi) is 5.78. The highest BCUT2D eigenvalue weighted by Gasteiger charge is 2.54. The number of nitrogens with zero attached hydrogens (tertiary/aromatic N) is 2. The quantitative estimate of drug-likeness (QED) is 0.180. The molecule has 1 aromatic heterocycles. The van der Waals surface area contributed by atoms with Crippen LogP contribution in [0.25, 0.3) is 67.3 Å². The van der Waals surface area contributed by atoms with Crippen LogP contribution in [0.15, 0.2) is 170 Å². The second-order valence-electron chi connectivity index (χ2n) is 13.7. The van der Waals surface area contributed by atoms with Gasteiger partial charge in [0, 0.05) is 28.7 Å². The van der Waals surface area contributed by atoms with Gasteiger partial charge in [0.2, 0.25) is 0 Å². The van der Waals surface area contributed by atoms with Gasteiger partial charge in [-0.3, -0.25) is 0 Å². The Morgan fingerprint density at radius 1 is 0.360 bits per heavy atom. The van der Waals surface area contributed by atoms with Gasteiger partial charge in [0.1, 0.15) is 0 Å². The minimum atomic E-state index is -2.57. The number of benzene rings is 7. The zero-order chi connectivity index (χ0) is 32.8. The Bertz CT molecular complexity index is 2630. The standard InChI is InChI=1S/C47H30N2Si/c1-3-13-30(14-4-1)32-23-25-43-38(27-32)39-29-34(24-26-44(39)50(43)41-21-11-9-19-36(41)37-20-10-12-22-42(37)50)47-48-45(31-15-5-2-6-16-31)40-28-33-17-7-8-18-35(33)46(40)49-47/h1-27,29H,28H2. The van der Waals surface area contributed by atoms with Crippen LogP contribution in [0.1, 0.15) is 11.1 Å². The maximum Gasteiger partial charge on any atom is 0.182 e. The number of fused-ring (bicyclic) bond motifs is 13. The first-order valence-electron chi connectivity index (χ1n) is 17.4. The van der Waals surface area contributed by atoms with E-state index in [2.05, 4.69) is 170 Å². The summed E-state index contributed by atoms with van der Waals surface area (Å²) < 4.78 is 0. The third-order valence-corrected chi connectivity index (χ3v) is 16.1. The van der Waals surface area contributed by atoms with Gasteiger partial charge >= 0.3 is 0 Å². The van der Waals surface area contributed by atoms with Crippen LogP contribution < -0.4 is 20.7 Å². The summed E-state index contributed by atoms with van der Waals surface area (Å²) in [7, 11) is -2.57. The Labute approximate surface area is 292 Å². The molecule has 11 rings (SSSR count). The second kappa shape index (κ2) is 10.4. The van der Waals surface area contributed by atoms with Gasteiger partial charge in [-0.25, -0.2) is 9.97 Å². The van der Waals surface area contributed by atoms with E-state index in [4.69, 9.17) is 9.97 Å². The van der Waals surface area contributed by atoms with E-state index in [1.807, 2.05) is 0 Å². The molecular weight excluding hydrogens is 621 g/mol. The predicted molar refractivity (Wildman–Crippen MR) is 208 cm³/mol. The molecule has 0 radical (unpaired) electrons. The molecular formula is C47H30N2Si. The third kappa shape index (κ3) is 3.73. The summed E-state index contributed by atoms with van der Waals surface area (Å²) in [6.07, 6.45) is 0.850. The van der Waals surface area contributed by atoms with E-state index in [1.54, 1.807) is 0 Å². The summed E-state index contributed by atoms with van der Waals surface area (Å²) in [6.45, 7) is 0. The summed E-state index contributed by atoms with van der Waals surface area (Å²) in [4.78, 5) is 10.7. The van der Waals surface area contributed by atoms with Crippen LogP contribution in [0, 0.1) is 0 Å². The molecule has 3 heterocycles. The maximum absolute atomic E-state index is 5.38. The van der Waals surface area contributed by atoms with Crippen molar-refractivity contribution in [2.24, 2.45) is 0 Å². The Hall–Kier alpha value is -6.16. The minimum absolute atomic E-state index is 0.776. The molecule has 3 aliphatic rings. The largest absolute Gasteiger partial charge is 0.228 e. The average molecular weight is 651 g/mol. The lowest BCUT2D eigenvalue weighted by Gasteiger charge is -2.27. The normalized spacial score (nSPS) is 13.7. The van der Waals surface area contributed by atoms with Gasteiger partial charge in [0.05, 0.1) is 11.4 Å². The molecule has 8 aromatic rings. The minimum Gasteiger partial charge on any atom is -0.228 e. The highest BCUT2D eigenvalue weighted by molar-refractivity contribution is 7.24. The van der Waals surface area contributed by atoms with Crippen LogP contribution in [0.5, 0.6) is 0 Å². The lowest BCUT2D eigenvalue weighted by molar-refractivity contribution is 1.13. The first-order valence-corrected chi connectivity index (χ1v) is 19.4. The summed E-state index contributed by atoms with van der Waals surface area (Å²) in [5.41, 5.74) is 15.9. The van der Waals surface area contributed by atoms with Gasteiger partial charge in [-0.05, 0) is 71.8 Å². The van der Waals surface area contributed by atoms with Crippen LogP contribution >= 0.6 is 0 Å². The second-order valence-corrected chi connectivity index (χ2v) is 17.3. The molecule has 0 atom stereocenters. The zero-order valence-electron chi connectivity index (χ0n) is 27.3. The van der Waals surface area contributed by atoms with Crippen LogP contribution in [0.4, 0.5) is 0 Å². The topological polar surface area (TPSA) is 25.8 Å². The van der Waals surface area contributed by atoms with Gasteiger partial charge < -0.3 is 0 Å². The Balaban J connectivity index is 1.19. The van der Waals surface area contributed by atoms with E-state index < -0.39 is 8.07 Å². The number of aromatic nitrogens is 2. The molecule has 0 N–H and O–H groups in total. The molecule has 232 valence electrons. The molecule has 1 spiro atoms. The fraction of sp³-hybridized carbons (Fsp3) is 0.0213. The predicted octanol–water partition coefficient (Wildman–Crippen LogP) is 8.39. The van der Waals surface area contributed by atoms with Crippen LogP contribution in [0.3, 0.4) is 0 Å². The van der Waals surface area contributed by atoms with E-state index >= 15 is 0 Å². The molecule has 3 heteroatoms. The van der Waals surface area contributed by atoms with Crippen molar-refractivity contribution in [2.45, 2.75) is 6.42 Å². The molecule has 1 aliphatic carbocycles. The summed E-state index contributed by atoms with van der Waals surface area (Å²) in [6, 6.07) is 62.7. The van der Waals surface area contributed by atoms with E-state index in [1.165, 1.54) is 70.8 Å². The van der Waals surface area contributed by atoms with Crippen molar-refractivity contribution in [2.75, 3.05) is 0 Å². The number of hydrogen-bond acceptors (Lipinski definition) is 2. The third-order valence-electron chi connectivity index (χ3n) is 11.1. The Morgan fingerprint density at radius 3 is 1.54 bits per heavy atom. The average Bonchev–Trinajstić information content (AvgIpc) is 3.82. The van der Waals surface area contributed by atoms with E-state index in [9.17, 15) is 0 Å². The molecule has 2 nitrogen and oxygen atoms in total.